The van der Waals surface area contributed by atoms with Crippen molar-refractivity contribution in [3.63, 3.8) is 0 Å². The maximum Gasteiger partial charge on any atom is 0.161 e. The Morgan fingerprint density at radius 3 is 2.17 bits per heavy atom. The Kier molecular flexibility index (Phi) is 7.38. The van der Waals surface area contributed by atoms with Gasteiger partial charge in [0.25, 0.3) is 0 Å². The van der Waals surface area contributed by atoms with Crippen LogP contribution in [0.1, 0.15) is 26.2 Å². The first-order valence-electron chi connectivity index (χ1n) is 3.78. The Hall–Kier alpha value is 1.88. The summed E-state index contributed by atoms with van der Waals surface area (Å²) in [5.41, 5.74) is 0. The summed E-state index contributed by atoms with van der Waals surface area (Å²) in [6.45, 7) is 2.13. The first-order valence-corrected chi connectivity index (χ1v) is 7.08. The molecular weight excluding hydrogens is 420 g/mol. The van der Waals surface area contributed by atoms with E-state index >= 15 is 0 Å². The van der Waals surface area contributed by atoms with Crippen LogP contribution in [0.15, 0.2) is 0 Å². The lowest BCUT2D eigenvalue weighted by Gasteiger charge is -2.24. The Morgan fingerprint density at radius 1 is 1.33 bits per heavy atom. The minimum atomic E-state index is -0.574. The average molecular weight is 432 g/mol. The average Bonchev–Trinajstić information content (AvgIpc) is 1.97. The van der Waals surface area contributed by atoms with Crippen molar-refractivity contribution in [3.8, 4) is 0 Å². The Morgan fingerprint density at radius 2 is 1.83 bits per heavy atom. The monoisotopic (exact) mass is 428 g/mol. The number of alkyl halides is 4. The highest BCUT2D eigenvalue weighted by molar-refractivity contribution is 9.39. The highest BCUT2D eigenvalue weighted by Crippen LogP contribution is 2.40. The predicted molar refractivity (Wildman–Crippen MR) is 67.8 cm³/mol. The predicted octanol–water partition coefficient (Wildman–Crippen LogP) is 4.14. The van der Waals surface area contributed by atoms with Gasteiger partial charge in [-0.15, -0.1) is 0 Å². The highest BCUT2D eigenvalue weighted by atomic mass is 80.0. The standard InChI is InChI=1S/C7H12Br4O/c1-2-3-4-5(8)6(12)7(9,10)11/h5-6,12H,2-4H2,1H3/t5-,6-/m0/s1. The lowest BCUT2D eigenvalue weighted by Crippen LogP contribution is -2.32. The number of aliphatic hydroxyl groups is 1. The van der Waals surface area contributed by atoms with Crippen molar-refractivity contribution < 1.29 is 5.11 Å². The van der Waals surface area contributed by atoms with E-state index in [0.29, 0.717) is 0 Å². The SMILES string of the molecule is CCCC[C@H](Br)[C@H](O)C(Br)(Br)Br. The molecule has 0 radical (unpaired) electrons. The number of halogens is 4. The molecule has 0 aliphatic carbocycles. The molecule has 0 unspecified atom stereocenters. The van der Waals surface area contributed by atoms with E-state index in [9.17, 15) is 5.11 Å². The fourth-order valence-corrected chi connectivity index (χ4v) is 3.50. The summed E-state index contributed by atoms with van der Waals surface area (Å²) in [5, 5.41) is 9.69. The van der Waals surface area contributed by atoms with Gasteiger partial charge in [0.1, 0.15) is 6.10 Å². The number of aliphatic hydroxyl groups excluding tert-OH is 1. The molecule has 0 bridgehead atoms. The summed E-state index contributed by atoms with van der Waals surface area (Å²) in [7, 11) is 0. The van der Waals surface area contributed by atoms with Crippen molar-refractivity contribution in [1.82, 2.24) is 0 Å². The molecule has 2 atom stereocenters. The first kappa shape index (κ1) is 13.9. The van der Waals surface area contributed by atoms with Gasteiger partial charge in [0.2, 0.25) is 0 Å². The second-order valence-corrected chi connectivity index (χ2v) is 10.8. The van der Waals surface area contributed by atoms with E-state index in [0.717, 1.165) is 19.3 Å². The van der Waals surface area contributed by atoms with Crippen LogP contribution in [0.2, 0.25) is 0 Å². The zero-order chi connectivity index (χ0) is 9.78. The van der Waals surface area contributed by atoms with Crippen LogP contribution in [0.25, 0.3) is 0 Å². The van der Waals surface area contributed by atoms with Crippen LogP contribution in [0.4, 0.5) is 0 Å². The topological polar surface area (TPSA) is 20.2 Å². The van der Waals surface area contributed by atoms with E-state index in [1.165, 1.54) is 0 Å². The zero-order valence-electron chi connectivity index (χ0n) is 6.74. The third-order valence-electron chi connectivity index (χ3n) is 1.51. The molecule has 1 N–H and O–H groups in total. The lowest BCUT2D eigenvalue weighted by atomic mass is 10.1. The van der Waals surface area contributed by atoms with E-state index in [4.69, 9.17) is 0 Å². The van der Waals surface area contributed by atoms with Crippen molar-refractivity contribution in [2.24, 2.45) is 0 Å². The molecule has 0 saturated carbocycles. The van der Waals surface area contributed by atoms with Gasteiger partial charge in [0, 0.05) is 4.83 Å². The summed E-state index contributed by atoms with van der Waals surface area (Å²) < 4.78 is -0.574. The molecule has 0 spiro atoms. The molecule has 1 nitrogen and oxygen atoms in total. The van der Waals surface area contributed by atoms with Crippen LogP contribution in [-0.4, -0.2) is 18.2 Å². The summed E-state index contributed by atoms with van der Waals surface area (Å²) >= 11 is 13.3. The van der Waals surface area contributed by atoms with Crippen molar-refractivity contribution in [2.45, 2.75) is 39.3 Å². The molecule has 0 aromatic rings. The van der Waals surface area contributed by atoms with Crippen molar-refractivity contribution >= 4 is 63.7 Å². The smallest absolute Gasteiger partial charge is 0.161 e. The van der Waals surface area contributed by atoms with Crippen LogP contribution >= 0.6 is 63.7 Å². The molecule has 0 aromatic carbocycles. The fraction of sp³-hybridized carbons (Fsp3) is 1.00. The Labute approximate surface area is 107 Å². The van der Waals surface area contributed by atoms with Crippen molar-refractivity contribution in [2.75, 3.05) is 0 Å². The number of rotatable bonds is 4. The van der Waals surface area contributed by atoms with Crippen LogP contribution in [0, 0.1) is 0 Å². The van der Waals surface area contributed by atoms with Gasteiger partial charge < -0.3 is 5.11 Å². The second-order valence-electron chi connectivity index (χ2n) is 2.64. The quantitative estimate of drug-likeness (QED) is 0.663. The molecule has 0 aliphatic heterocycles. The normalized spacial score (nSPS) is 17.5. The van der Waals surface area contributed by atoms with Crippen molar-refractivity contribution in [1.29, 1.82) is 0 Å². The highest BCUT2D eigenvalue weighted by Gasteiger charge is 2.33. The Bertz CT molecular complexity index is 123. The van der Waals surface area contributed by atoms with Gasteiger partial charge >= 0.3 is 0 Å². The van der Waals surface area contributed by atoms with Crippen LogP contribution in [0.3, 0.4) is 0 Å². The zero-order valence-corrected chi connectivity index (χ0v) is 13.1. The molecule has 0 aliphatic rings. The summed E-state index contributed by atoms with van der Waals surface area (Å²) in [6.07, 6.45) is 2.75. The van der Waals surface area contributed by atoms with E-state index in [2.05, 4.69) is 70.6 Å². The molecule has 12 heavy (non-hydrogen) atoms. The van der Waals surface area contributed by atoms with Crippen LogP contribution < -0.4 is 0 Å². The molecule has 0 saturated heterocycles. The summed E-state index contributed by atoms with van der Waals surface area (Å²) in [5.74, 6) is 0. The first-order chi connectivity index (χ1) is 5.39. The van der Waals surface area contributed by atoms with Crippen LogP contribution in [0.5, 0.6) is 0 Å². The third-order valence-corrected chi connectivity index (χ3v) is 3.88. The van der Waals surface area contributed by atoms with Gasteiger partial charge in [0.05, 0.1) is 0 Å². The molecule has 0 amide bonds. The molecule has 74 valence electrons. The number of unbranched alkanes of at least 4 members (excludes halogenated alkanes) is 1. The summed E-state index contributed by atoms with van der Waals surface area (Å²) in [6, 6.07) is 0. The maximum atomic E-state index is 9.69. The van der Waals surface area contributed by atoms with Gasteiger partial charge in [-0.05, 0) is 6.42 Å². The maximum absolute atomic E-state index is 9.69. The molecular formula is C7H12Br4O. The van der Waals surface area contributed by atoms with Gasteiger partial charge in [0.15, 0.2) is 2.14 Å². The van der Waals surface area contributed by atoms with E-state index in [1.807, 2.05) is 0 Å². The van der Waals surface area contributed by atoms with Crippen molar-refractivity contribution in [3.05, 3.63) is 0 Å². The molecule has 0 heterocycles. The van der Waals surface area contributed by atoms with Crippen LogP contribution in [-0.2, 0) is 0 Å². The summed E-state index contributed by atoms with van der Waals surface area (Å²) in [4.78, 5) is 0.107. The second kappa shape index (κ2) is 6.38. The molecule has 0 aromatic heterocycles. The lowest BCUT2D eigenvalue weighted by molar-refractivity contribution is 0.183. The molecule has 0 fully saturated rings. The van der Waals surface area contributed by atoms with E-state index in [1.54, 1.807) is 0 Å². The number of hydrogen-bond acceptors (Lipinski definition) is 1. The van der Waals surface area contributed by atoms with Gasteiger partial charge in [-0.3, -0.25) is 0 Å². The minimum absolute atomic E-state index is 0.107. The molecule has 0 rings (SSSR count). The third kappa shape index (κ3) is 5.58. The van der Waals surface area contributed by atoms with E-state index in [-0.39, 0.29) is 4.83 Å². The Balaban J connectivity index is 3.84. The number of hydrogen-bond donors (Lipinski definition) is 1. The van der Waals surface area contributed by atoms with Gasteiger partial charge in [-0.1, -0.05) is 83.5 Å². The van der Waals surface area contributed by atoms with Gasteiger partial charge in [-0.25, -0.2) is 0 Å². The largest absolute Gasteiger partial charge is 0.389 e. The van der Waals surface area contributed by atoms with Gasteiger partial charge in [-0.2, -0.15) is 0 Å². The molecule has 5 heteroatoms. The fourth-order valence-electron chi connectivity index (χ4n) is 0.762. The van der Waals surface area contributed by atoms with E-state index < -0.39 is 8.25 Å². The minimum Gasteiger partial charge on any atom is -0.389 e.